The molecule has 1 N–H and O–H groups in total. The van der Waals surface area contributed by atoms with E-state index in [-0.39, 0.29) is 5.82 Å². The fourth-order valence-electron chi connectivity index (χ4n) is 4.05. The number of anilines is 1. The van der Waals surface area contributed by atoms with E-state index in [1.807, 2.05) is 30.7 Å². The fourth-order valence-corrected chi connectivity index (χ4v) is 5.02. The summed E-state index contributed by atoms with van der Waals surface area (Å²) < 4.78 is 16.0. The molecule has 1 aliphatic heterocycles. The van der Waals surface area contributed by atoms with Crippen molar-refractivity contribution in [2.45, 2.75) is 26.9 Å². The highest BCUT2D eigenvalue weighted by Crippen LogP contribution is 2.26. The highest BCUT2D eigenvalue weighted by atomic mass is 35.5. The Balaban J connectivity index is 1.37. The minimum absolute atomic E-state index is 0.269. The lowest BCUT2D eigenvalue weighted by Gasteiger charge is -2.36. The van der Waals surface area contributed by atoms with Crippen LogP contribution in [-0.2, 0) is 13.1 Å². The molecule has 0 atom stereocenters. The van der Waals surface area contributed by atoms with Gasteiger partial charge in [-0.1, -0.05) is 46.9 Å². The van der Waals surface area contributed by atoms with Crippen LogP contribution in [0.1, 0.15) is 22.5 Å². The van der Waals surface area contributed by atoms with Crippen LogP contribution >= 0.6 is 47.0 Å². The number of aryl methyl sites for hydroxylation is 1. The maximum Gasteiger partial charge on any atom is 0.173 e. The molecule has 0 amide bonds. The molecular formula is C24H25Cl3FN5S. The Labute approximate surface area is 219 Å². The molecule has 0 radical (unpaired) electrons. The standard InChI is InChI=1S/C24H25Cl3FN5S/c1-15-23(16(2)33(30-15)13-17-6-7-18(25)12-21(17)27)29-24(34)32-10-8-31(9-11-32)14-19-20(26)4-3-5-22(19)28/h3-7,12H,8-11,13-14H2,1-2H3,(H,29,34). The van der Waals surface area contributed by atoms with Gasteiger partial charge in [-0.15, -0.1) is 0 Å². The van der Waals surface area contributed by atoms with E-state index >= 15 is 0 Å². The molecule has 2 heterocycles. The Hall–Kier alpha value is -1.90. The van der Waals surface area contributed by atoms with E-state index in [1.54, 1.807) is 18.2 Å². The number of benzene rings is 2. The third-order valence-electron chi connectivity index (χ3n) is 6.05. The zero-order chi connectivity index (χ0) is 24.4. The van der Waals surface area contributed by atoms with Gasteiger partial charge in [-0.3, -0.25) is 9.58 Å². The lowest BCUT2D eigenvalue weighted by Crippen LogP contribution is -2.49. The summed E-state index contributed by atoms with van der Waals surface area (Å²) in [6, 6.07) is 10.3. The van der Waals surface area contributed by atoms with Crippen molar-refractivity contribution in [2.24, 2.45) is 0 Å². The molecule has 34 heavy (non-hydrogen) atoms. The summed E-state index contributed by atoms with van der Waals surface area (Å²) in [6.45, 7) is 7.98. The maximum atomic E-state index is 14.1. The predicted octanol–water partition coefficient (Wildman–Crippen LogP) is 6.16. The zero-order valence-electron chi connectivity index (χ0n) is 18.9. The Morgan fingerprint density at radius 2 is 1.76 bits per heavy atom. The van der Waals surface area contributed by atoms with Crippen molar-refractivity contribution in [1.82, 2.24) is 19.6 Å². The summed E-state index contributed by atoms with van der Waals surface area (Å²) in [7, 11) is 0. The summed E-state index contributed by atoms with van der Waals surface area (Å²) in [5.74, 6) is -0.269. The van der Waals surface area contributed by atoms with Crippen LogP contribution < -0.4 is 5.32 Å². The fraction of sp³-hybridized carbons (Fsp3) is 0.333. The summed E-state index contributed by atoms with van der Waals surface area (Å²) in [5, 5.41) is 10.4. The van der Waals surface area contributed by atoms with Crippen LogP contribution in [0.2, 0.25) is 15.1 Å². The number of nitrogens with zero attached hydrogens (tertiary/aromatic N) is 4. The molecule has 0 bridgehead atoms. The summed E-state index contributed by atoms with van der Waals surface area (Å²) >= 11 is 24.2. The summed E-state index contributed by atoms with van der Waals surface area (Å²) in [5.41, 5.74) is 4.21. The number of aromatic nitrogens is 2. The van der Waals surface area contributed by atoms with Gasteiger partial charge in [0.05, 0.1) is 23.6 Å². The second-order valence-corrected chi connectivity index (χ2v) is 9.97. The smallest absolute Gasteiger partial charge is 0.173 e. The van der Waals surface area contributed by atoms with Gasteiger partial charge in [-0.05, 0) is 55.9 Å². The minimum atomic E-state index is -0.269. The van der Waals surface area contributed by atoms with Crippen molar-refractivity contribution in [1.29, 1.82) is 0 Å². The van der Waals surface area contributed by atoms with Crippen molar-refractivity contribution in [2.75, 3.05) is 31.5 Å². The van der Waals surface area contributed by atoms with Gasteiger partial charge in [0.25, 0.3) is 0 Å². The van der Waals surface area contributed by atoms with Gasteiger partial charge in [0.1, 0.15) is 5.82 Å². The molecule has 2 aromatic carbocycles. The van der Waals surface area contributed by atoms with E-state index in [4.69, 9.17) is 47.0 Å². The van der Waals surface area contributed by atoms with E-state index in [0.29, 0.717) is 38.8 Å². The number of halogens is 4. The van der Waals surface area contributed by atoms with Gasteiger partial charge in [-0.25, -0.2) is 4.39 Å². The van der Waals surface area contributed by atoms with Crippen molar-refractivity contribution >= 4 is 57.8 Å². The molecule has 180 valence electrons. The van der Waals surface area contributed by atoms with Crippen LogP contribution in [0.4, 0.5) is 10.1 Å². The predicted molar refractivity (Wildman–Crippen MR) is 142 cm³/mol. The lowest BCUT2D eigenvalue weighted by atomic mass is 10.2. The summed E-state index contributed by atoms with van der Waals surface area (Å²) in [4.78, 5) is 4.31. The van der Waals surface area contributed by atoms with Crippen LogP contribution in [0, 0.1) is 19.7 Å². The molecule has 1 fully saturated rings. The molecule has 5 nitrogen and oxygen atoms in total. The number of piperazine rings is 1. The van der Waals surface area contributed by atoms with Crippen molar-refractivity contribution in [3.63, 3.8) is 0 Å². The van der Waals surface area contributed by atoms with Gasteiger partial charge in [-0.2, -0.15) is 5.10 Å². The molecular weight excluding hydrogens is 516 g/mol. The normalized spacial score (nSPS) is 14.5. The molecule has 0 unspecified atom stereocenters. The zero-order valence-corrected chi connectivity index (χ0v) is 22.0. The number of nitrogens with one attached hydrogen (secondary N) is 1. The third kappa shape index (κ3) is 5.66. The van der Waals surface area contributed by atoms with Gasteiger partial charge in [0, 0.05) is 53.4 Å². The Bertz CT molecular complexity index is 1190. The minimum Gasteiger partial charge on any atom is -0.346 e. The first-order valence-electron chi connectivity index (χ1n) is 10.9. The SMILES string of the molecule is Cc1nn(Cc2ccc(Cl)cc2Cl)c(C)c1NC(=S)N1CCN(Cc2c(F)cccc2Cl)CC1. The van der Waals surface area contributed by atoms with Crippen LogP contribution in [0.5, 0.6) is 0 Å². The molecule has 0 saturated carbocycles. The molecule has 1 aromatic heterocycles. The van der Waals surface area contributed by atoms with Crippen molar-refractivity contribution in [3.8, 4) is 0 Å². The third-order valence-corrected chi connectivity index (χ3v) is 7.35. The van der Waals surface area contributed by atoms with E-state index < -0.39 is 0 Å². The second-order valence-electron chi connectivity index (χ2n) is 8.33. The molecule has 10 heteroatoms. The average Bonchev–Trinajstić information content (AvgIpc) is 3.06. The largest absolute Gasteiger partial charge is 0.346 e. The average molecular weight is 541 g/mol. The molecule has 0 aliphatic carbocycles. The van der Waals surface area contributed by atoms with E-state index in [2.05, 4.69) is 20.2 Å². The number of rotatable bonds is 5. The van der Waals surface area contributed by atoms with Crippen LogP contribution in [0.3, 0.4) is 0 Å². The van der Waals surface area contributed by atoms with Crippen molar-refractivity contribution < 1.29 is 4.39 Å². The van der Waals surface area contributed by atoms with Gasteiger partial charge in [0.15, 0.2) is 5.11 Å². The highest BCUT2D eigenvalue weighted by Gasteiger charge is 2.22. The van der Waals surface area contributed by atoms with E-state index in [9.17, 15) is 4.39 Å². The number of thiocarbonyl (C=S) groups is 1. The van der Waals surface area contributed by atoms with Crippen LogP contribution in [0.15, 0.2) is 36.4 Å². The quantitative estimate of drug-likeness (QED) is 0.392. The first-order chi connectivity index (χ1) is 16.2. The van der Waals surface area contributed by atoms with E-state index in [0.717, 1.165) is 48.8 Å². The highest BCUT2D eigenvalue weighted by molar-refractivity contribution is 7.80. The van der Waals surface area contributed by atoms with Crippen LogP contribution in [0.25, 0.3) is 0 Å². The first-order valence-corrected chi connectivity index (χ1v) is 12.5. The Kier molecular flexibility index (Phi) is 8.00. The van der Waals surface area contributed by atoms with E-state index in [1.165, 1.54) is 6.07 Å². The lowest BCUT2D eigenvalue weighted by molar-refractivity contribution is 0.175. The second kappa shape index (κ2) is 10.8. The van der Waals surface area contributed by atoms with Gasteiger partial charge in [0.2, 0.25) is 0 Å². The Morgan fingerprint density at radius 3 is 2.44 bits per heavy atom. The number of hydrogen-bond donors (Lipinski definition) is 1. The molecule has 3 aromatic rings. The van der Waals surface area contributed by atoms with Gasteiger partial charge >= 0.3 is 0 Å². The van der Waals surface area contributed by atoms with Crippen molar-refractivity contribution in [3.05, 3.63) is 79.8 Å². The molecule has 0 spiro atoms. The molecule has 1 aliphatic rings. The van der Waals surface area contributed by atoms with Gasteiger partial charge < -0.3 is 10.2 Å². The monoisotopic (exact) mass is 539 g/mol. The van der Waals surface area contributed by atoms with Crippen LogP contribution in [-0.4, -0.2) is 50.9 Å². The topological polar surface area (TPSA) is 36.3 Å². The Morgan fingerprint density at radius 1 is 1.03 bits per heavy atom. The maximum absolute atomic E-state index is 14.1. The summed E-state index contributed by atoms with van der Waals surface area (Å²) in [6.07, 6.45) is 0. The molecule has 4 rings (SSSR count). The number of hydrogen-bond acceptors (Lipinski definition) is 3. The molecule has 1 saturated heterocycles. The first kappa shape index (κ1) is 25.2.